The van der Waals surface area contributed by atoms with Crippen molar-refractivity contribution < 1.29 is 14.6 Å². The second kappa shape index (κ2) is 7.62. The van der Waals surface area contributed by atoms with Crippen molar-refractivity contribution >= 4 is 16.7 Å². The van der Waals surface area contributed by atoms with Gasteiger partial charge in [-0.2, -0.15) is 0 Å². The first-order valence-corrected chi connectivity index (χ1v) is 8.89. The molecular formula is C22H21N3O3. The van der Waals surface area contributed by atoms with Crippen LogP contribution < -0.4 is 14.8 Å². The molecule has 1 aromatic heterocycles. The lowest BCUT2D eigenvalue weighted by molar-refractivity contribution is 0.203. The maximum Gasteiger partial charge on any atom is 0.154 e. The van der Waals surface area contributed by atoms with Gasteiger partial charge in [-0.05, 0) is 48.5 Å². The van der Waals surface area contributed by atoms with E-state index in [2.05, 4.69) is 15.3 Å². The highest BCUT2D eigenvalue weighted by Crippen LogP contribution is 2.30. The Morgan fingerprint density at radius 2 is 1.75 bits per heavy atom. The third-order valence-electron chi connectivity index (χ3n) is 4.59. The van der Waals surface area contributed by atoms with Crippen LogP contribution >= 0.6 is 0 Å². The number of fused-ring (bicyclic) bond motifs is 1. The average Bonchev–Trinajstić information content (AvgIpc) is 3.18. The van der Waals surface area contributed by atoms with Crippen molar-refractivity contribution in [3.05, 3.63) is 72.3 Å². The Bertz CT molecular complexity index is 1060. The standard InChI is InChI=1S/C22H21N3O3/c1-27-16-11-12-17(20(13-16)28-2)22(26)23-15-9-7-14(8-10-15)21-24-18-5-3-4-6-19(18)25-21/h3-13,22-23,26H,1-2H3,(H,24,25). The Kier molecular flexibility index (Phi) is 4.87. The number of para-hydroxylation sites is 2. The number of H-pyrrole nitrogens is 1. The highest BCUT2D eigenvalue weighted by molar-refractivity contribution is 5.79. The molecule has 142 valence electrons. The fourth-order valence-electron chi connectivity index (χ4n) is 3.09. The van der Waals surface area contributed by atoms with Crippen LogP contribution in [0.15, 0.2) is 66.7 Å². The highest BCUT2D eigenvalue weighted by atomic mass is 16.5. The zero-order valence-corrected chi connectivity index (χ0v) is 15.6. The van der Waals surface area contributed by atoms with Crippen LogP contribution in [0.25, 0.3) is 22.4 Å². The smallest absolute Gasteiger partial charge is 0.154 e. The summed E-state index contributed by atoms with van der Waals surface area (Å²) < 4.78 is 10.6. The Morgan fingerprint density at radius 3 is 2.46 bits per heavy atom. The molecule has 1 unspecified atom stereocenters. The number of benzene rings is 3. The van der Waals surface area contributed by atoms with Crippen molar-refractivity contribution in [2.75, 3.05) is 19.5 Å². The summed E-state index contributed by atoms with van der Waals surface area (Å²) in [6, 6.07) is 20.9. The maximum atomic E-state index is 10.6. The maximum absolute atomic E-state index is 10.6. The van der Waals surface area contributed by atoms with Gasteiger partial charge in [0, 0.05) is 22.9 Å². The first-order chi connectivity index (χ1) is 13.7. The van der Waals surface area contributed by atoms with Crippen LogP contribution in [0.5, 0.6) is 11.5 Å². The monoisotopic (exact) mass is 375 g/mol. The molecule has 0 aliphatic carbocycles. The van der Waals surface area contributed by atoms with Gasteiger partial charge in [0.2, 0.25) is 0 Å². The Hall–Kier alpha value is -3.51. The number of nitrogens with one attached hydrogen (secondary N) is 2. The summed E-state index contributed by atoms with van der Waals surface area (Å²) >= 11 is 0. The lowest BCUT2D eigenvalue weighted by atomic mass is 10.1. The van der Waals surface area contributed by atoms with Crippen molar-refractivity contribution in [3.63, 3.8) is 0 Å². The fourth-order valence-corrected chi connectivity index (χ4v) is 3.09. The summed E-state index contributed by atoms with van der Waals surface area (Å²) in [4.78, 5) is 7.92. The van der Waals surface area contributed by atoms with Crippen LogP contribution in [0.1, 0.15) is 11.8 Å². The summed E-state index contributed by atoms with van der Waals surface area (Å²) in [5, 5.41) is 13.7. The van der Waals surface area contributed by atoms with E-state index in [4.69, 9.17) is 9.47 Å². The minimum atomic E-state index is -0.919. The van der Waals surface area contributed by atoms with Crippen molar-refractivity contribution in [1.29, 1.82) is 0 Å². The van der Waals surface area contributed by atoms with E-state index in [1.54, 1.807) is 32.4 Å². The van der Waals surface area contributed by atoms with E-state index in [-0.39, 0.29) is 0 Å². The number of aliphatic hydroxyl groups excluding tert-OH is 1. The molecule has 0 saturated heterocycles. The Morgan fingerprint density at radius 1 is 0.964 bits per heavy atom. The molecule has 1 atom stereocenters. The molecule has 0 saturated carbocycles. The van der Waals surface area contributed by atoms with Gasteiger partial charge in [-0.25, -0.2) is 4.98 Å². The van der Waals surface area contributed by atoms with E-state index in [0.29, 0.717) is 17.1 Å². The Labute approximate surface area is 162 Å². The number of rotatable bonds is 6. The van der Waals surface area contributed by atoms with E-state index in [1.807, 2.05) is 48.5 Å². The topological polar surface area (TPSA) is 79.4 Å². The third-order valence-corrected chi connectivity index (χ3v) is 4.59. The van der Waals surface area contributed by atoms with Gasteiger partial charge in [0.1, 0.15) is 17.3 Å². The quantitative estimate of drug-likeness (QED) is 0.437. The average molecular weight is 375 g/mol. The van der Waals surface area contributed by atoms with E-state index >= 15 is 0 Å². The minimum absolute atomic E-state index is 0.554. The van der Waals surface area contributed by atoms with Crippen LogP contribution in [0.3, 0.4) is 0 Å². The van der Waals surface area contributed by atoms with Crippen LogP contribution in [-0.4, -0.2) is 29.3 Å². The van der Waals surface area contributed by atoms with Gasteiger partial charge in [0.15, 0.2) is 6.23 Å². The molecule has 3 N–H and O–H groups in total. The van der Waals surface area contributed by atoms with Crippen LogP contribution in [0.4, 0.5) is 5.69 Å². The van der Waals surface area contributed by atoms with Crippen LogP contribution in [0, 0.1) is 0 Å². The predicted molar refractivity (Wildman–Crippen MR) is 110 cm³/mol. The van der Waals surface area contributed by atoms with Crippen LogP contribution in [0.2, 0.25) is 0 Å². The molecule has 4 rings (SSSR count). The van der Waals surface area contributed by atoms with Gasteiger partial charge in [-0.1, -0.05) is 12.1 Å². The van der Waals surface area contributed by atoms with Gasteiger partial charge < -0.3 is 24.9 Å². The number of imidazole rings is 1. The molecule has 3 aromatic carbocycles. The summed E-state index contributed by atoms with van der Waals surface area (Å²) in [6.45, 7) is 0. The molecule has 28 heavy (non-hydrogen) atoms. The van der Waals surface area contributed by atoms with Gasteiger partial charge in [-0.15, -0.1) is 0 Å². The Balaban J connectivity index is 1.53. The molecule has 6 heteroatoms. The number of hydrogen-bond donors (Lipinski definition) is 3. The van der Waals surface area contributed by atoms with Crippen molar-refractivity contribution in [3.8, 4) is 22.9 Å². The number of aliphatic hydroxyl groups is 1. The lowest BCUT2D eigenvalue weighted by Crippen LogP contribution is -2.11. The zero-order chi connectivity index (χ0) is 19.5. The second-order valence-corrected chi connectivity index (χ2v) is 6.33. The summed E-state index contributed by atoms with van der Waals surface area (Å²) in [5.41, 5.74) is 4.32. The van der Waals surface area contributed by atoms with E-state index < -0.39 is 6.23 Å². The third kappa shape index (κ3) is 3.50. The molecule has 0 radical (unpaired) electrons. The molecule has 0 fully saturated rings. The molecule has 4 aromatic rings. The van der Waals surface area contributed by atoms with Gasteiger partial charge in [-0.3, -0.25) is 0 Å². The number of hydrogen-bond acceptors (Lipinski definition) is 5. The van der Waals surface area contributed by atoms with Gasteiger partial charge in [0.05, 0.1) is 25.3 Å². The van der Waals surface area contributed by atoms with Crippen molar-refractivity contribution in [2.45, 2.75) is 6.23 Å². The molecule has 0 amide bonds. The zero-order valence-electron chi connectivity index (χ0n) is 15.6. The van der Waals surface area contributed by atoms with E-state index in [0.717, 1.165) is 28.1 Å². The summed E-state index contributed by atoms with van der Waals surface area (Å²) in [5.74, 6) is 2.03. The lowest BCUT2D eigenvalue weighted by Gasteiger charge is -2.18. The number of methoxy groups -OCH3 is 2. The SMILES string of the molecule is COc1ccc(C(O)Nc2ccc(-c3nc4ccccc4[nH]3)cc2)c(OC)c1. The number of aromatic amines is 1. The van der Waals surface area contributed by atoms with Crippen molar-refractivity contribution in [1.82, 2.24) is 9.97 Å². The molecular weight excluding hydrogens is 354 g/mol. The number of aromatic nitrogens is 2. The highest BCUT2D eigenvalue weighted by Gasteiger charge is 2.14. The first kappa shape index (κ1) is 17.9. The molecule has 1 heterocycles. The van der Waals surface area contributed by atoms with Crippen molar-refractivity contribution in [2.24, 2.45) is 0 Å². The number of ether oxygens (including phenoxy) is 2. The minimum Gasteiger partial charge on any atom is -0.497 e. The first-order valence-electron chi connectivity index (χ1n) is 8.89. The molecule has 0 aliphatic heterocycles. The van der Waals surface area contributed by atoms with E-state index in [1.165, 1.54) is 0 Å². The van der Waals surface area contributed by atoms with Gasteiger partial charge >= 0.3 is 0 Å². The van der Waals surface area contributed by atoms with Crippen LogP contribution in [-0.2, 0) is 0 Å². The number of anilines is 1. The molecule has 6 nitrogen and oxygen atoms in total. The number of nitrogens with zero attached hydrogens (tertiary/aromatic N) is 1. The normalized spacial score (nSPS) is 12.0. The molecule has 0 bridgehead atoms. The summed E-state index contributed by atoms with van der Waals surface area (Å²) in [7, 11) is 3.15. The molecule has 0 spiro atoms. The second-order valence-electron chi connectivity index (χ2n) is 6.33. The fraction of sp³-hybridized carbons (Fsp3) is 0.136. The van der Waals surface area contributed by atoms with E-state index in [9.17, 15) is 5.11 Å². The summed E-state index contributed by atoms with van der Waals surface area (Å²) in [6.07, 6.45) is -0.919. The molecule has 0 aliphatic rings. The largest absolute Gasteiger partial charge is 0.497 e. The predicted octanol–water partition coefficient (Wildman–Crippen LogP) is 4.35. The van der Waals surface area contributed by atoms with Gasteiger partial charge in [0.25, 0.3) is 0 Å².